The average Bonchev–Trinajstić information content (AvgIpc) is 3.74. The summed E-state index contributed by atoms with van der Waals surface area (Å²) in [7, 11) is 0. The normalized spacial score (nSPS) is 33.4. The highest BCUT2D eigenvalue weighted by molar-refractivity contribution is 5.60. The van der Waals surface area contributed by atoms with E-state index in [2.05, 4.69) is 136 Å². The van der Waals surface area contributed by atoms with Crippen LogP contribution in [0.25, 0.3) is 0 Å². The van der Waals surface area contributed by atoms with Gasteiger partial charge in [-0.15, -0.1) is 0 Å². The Hall–Kier alpha value is -2.59. The molecule has 1 saturated heterocycles. The third kappa shape index (κ3) is 9.12. The second-order valence-electron chi connectivity index (χ2n) is 22.6. The van der Waals surface area contributed by atoms with Crippen molar-refractivity contribution in [3.8, 4) is 0 Å². The summed E-state index contributed by atoms with van der Waals surface area (Å²) < 4.78 is 12.3. The van der Waals surface area contributed by atoms with Crippen LogP contribution in [0.4, 0.5) is 4.79 Å². The molecule has 4 nitrogen and oxygen atoms in total. The van der Waals surface area contributed by atoms with E-state index < -0.39 is 6.16 Å². The molecule has 314 valence electrons. The van der Waals surface area contributed by atoms with Crippen molar-refractivity contribution in [1.82, 2.24) is 5.32 Å². The summed E-state index contributed by atoms with van der Waals surface area (Å²) in [6.45, 7) is 26.7. The number of carbonyl (C=O) groups excluding carboxylic acids is 1. The number of ether oxygens (including phenoxy) is 2. The average molecular weight is 778 g/mol. The Labute approximate surface area is 348 Å². The quantitative estimate of drug-likeness (QED) is 0.193. The van der Waals surface area contributed by atoms with Gasteiger partial charge in [0.05, 0.1) is 0 Å². The lowest BCUT2D eigenvalue weighted by Gasteiger charge is -2.55. The lowest BCUT2D eigenvalue weighted by molar-refractivity contribution is -0.0494. The lowest BCUT2D eigenvalue weighted by atomic mass is 9.50. The van der Waals surface area contributed by atoms with Gasteiger partial charge in [0, 0.05) is 31.3 Å². The van der Waals surface area contributed by atoms with Crippen LogP contribution in [-0.2, 0) is 20.3 Å². The summed E-state index contributed by atoms with van der Waals surface area (Å²) >= 11 is 0. The third-order valence-corrected chi connectivity index (χ3v) is 16.3. The van der Waals surface area contributed by atoms with Crippen LogP contribution in [0.3, 0.4) is 0 Å². The van der Waals surface area contributed by atoms with Crippen molar-refractivity contribution in [3.63, 3.8) is 0 Å². The topological polar surface area (TPSA) is 47.6 Å². The zero-order valence-corrected chi connectivity index (χ0v) is 37.8. The number of fused-ring (bicyclic) bond motifs is 5. The Kier molecular flexibility index (Phi) is 12.5. The summed E-state index contributed by atoms with van der Waals surface area (Å²) in [5, 5.41) is 3.77. The van der Waals surface area contributed by atoms with E-state index in [1.807, 2.05) is 0 Å². The Morgan fingerprint density at radius 2 is 1.42 bits per heavy atom. The van der Waals surface area contributed by atoms with Gasteiger partial charge in [0.25, 0.3) is 0 Å². The van der Waals surface area contributed by atoms with Crippen LogP contribution in [0, 0.1) is 52.8 Å². The van der Waals surface area contributed by atoms with E-state index in [-0.39, 0.29) is 35.0 Å². The second-order valence-corrected chi connectivity index (χ2v) is 22.6. The Morgan fingerprint density at radius 1 is 0.807 bits per heavy atom. The number of hydrogen-bond donors (Lipinski definition) is 1. The maximum absolute atomic E-state index is 13.5. The molecule has 1 heterocycles. The highest BCUT2D eigenvalue weighted by Gasteiger charge is 2.57. The Balaban J connectivity index is 0.966. The highest BCUT2D eigenvalue weighted by atomic mass is 16.7. The molecule has 0 amide bonds. The summed E-state index contributed by atoms with van der Waals surface area (Å²) in [5.41, 5.74) is 7.56. The molecule has 0 aromatic heterocycles. The van der Waals surface area contributed by atoms with Crippen LogP contribution in [0.2, 0.25) is 0 Å². The van der Waals surface area contributed by atoms with Crippen molar-refractivity contribution < 1.29 is 14.3 Å². The van der Waals surface area contributed by atoms with E-state index in [9.17, 15) is 4.79 Å². The minimum atomic E-state index is -0.485. The molecule has 6 unspecified atom stereocenters. The molecule has 4 heteroatoms. The van der Waals surface area contributed by atoms with Gasteiger partial charge in [-0.3, -0.25) is 0 Å². The molecule has 57 heavy (non-hydrogen) atoms. The van der Waals surface area contributed by atoms with E-state index in [0.717, 1.165) is 54.8 Å². The monoisotopic (exact) mass is 778 g/mol. The van der Waals surface area contributed by atoms with Crippen molar-refractivity contribution in [2.45, 2.75) is 182 Å². The first-order valence-electron chi connectivity index (χ1n) is 23.4. The van der Waals surface area contributed by atoms with Gasteiger partial charge in [-0.2, -0.15) is 0 Å². The predicted octanol–water partition coefficient (Wildman–Crippen LogP) is 13.6. The summed E-state index contributed by atoms with van der Waals surface area (Å²) in [6, 6.07) is 18.5. The van der Waals surface area contributed by atoms with Crippen LogP contribution in [0.1, 0.15) is 175 Å². The van der Waals surface area contributed by atoms with Crippen molar-refractivity contribution in [1.29, 1.82) is 0 Å². The summed E-state index contributed by atoms with van der Waals surface area (Å²) in [5.74, 6) is 6.39. The highest BCUT2D eigenvalue weighted by Crippen LogP contribution is 2.65. The van der Waals surface area contributed by atoms with Gasteiger partial charge >= 0.3 is 6.16 Å². The van der Waals surface area contributed by atoms with Crippen LogP contribution >= 0.6 is 0 Å². The van der Waals surface area contributed by atoms with Crippen molar-refractivity contribution in [2.24, 2.45) is 52.8 Å². The van der Waals surface area contributed by atoms with Crippen molar-refractivity contribution in [3.05, 3.63) is 82.4 Å². The number of rotatable bonds is 10. The molecule has 7 rings (SSSR count). The maximum Gasteiger partial charge on any atom is 0.508 e. The predicted molar refractivity (Wildman–Crippen MR) is 237 cm³/mol. The Morgan fingerprint density at radius 3 is 2.02 bits per heavy atom. The molecule has 5 aliphatic rings. The fraction of sp³-hybridized carbons (Fsp3) is 0.717. The van der Waals surface area contributed by atoms with Crippen LogP contribution < -0.4 is 5.32 Å². The zero-order valence-electron chi connectivity index (χ0n) is 37.8. The van der Waals surface area contributed by atoms with E-state index in [1.54, 1.807) is 5.57 Å². The maximum atomic E-state index is 13.5. The molecule has 0 bridgehead atoms. The van der Waals surface area contributed by atoms with E-state index in [0.29, 0.717) is 23.8 Å². The van der Waals surface area contributed by atoms with Crippen molar-refractivity contribution >= 4 is 6.16 Å². The Bertz CT molecular complexity index is 1640. The van der Waals surface area contributed by atoms with E-state index in [1.165, 1.54) is 73.6 Å². The van der Waals surface area contributed by atoms with Gasteiger partial charge in [-0.05, 0) is 124 Å². The zero-order chi connectivity index (χ0) is 40.9. The molecule has 2 aromatic rings. The number of carbonyl (C=O) groups is 1. The van der Waals surface area contributed by atoms with Gasteiger partial charge in [0.15, 0.2) is 0 Å². The van der Waals surface area contributed by atoms with E-state index >= 15 is 0 Å². The minimum absolute atomic E-state index is 0.0940. The van der Waals surface area contributed by atoms with Crippen LogP contribution in [0.15, 0.2) is 60.2 Å². The first-order chi connectivity index (χ1) is 26.9. The summed E-state index contributed by atoms with van der Waals surface area (Å²) in [4.78, 5) is 13.5. The van der Waals surface area contributed by atoms with Crippen LogP contribution in [0.5, 0.6) is 0 Å². The van der Waals surface area contributed by atoms with E-state index in [4.69, 9.17) is 9.47 Å². The first-order valence-corrected chi connectivity index (χ1v) is 23.4. The van der Waals surface area contributed by atoms with Gasteiger partial charge in [-0.1, -0.05) is 156 Å². The molecule has 4 aliphatic carbocycles. The molecule has 1 aliphatic heterocycles. The molecule has 1 N–H and O–H groups in total. The number of nitrogens with one attached hydrogen (secondary N) is 1. The molecule has 11 atom stereocenters. The molecule has 2 aromatic carbocycles. The first kappa shape index (κ1) is 42.5. The number of allylic oxidation sites excluding steroid dienone is 1. The SMILES string of the molecule is CC(C)CCCC(C)C1CCC2C3CC=C4C[C@@H](OC(=O)O[C@H]5CN[C@@H](C(c6ccc(C(C)(C)C)cc6)c6ccc(C(C)(C)C)cc6)C5)C[C@@H](C)C4C3CC[C@]12C. The molecular weight excluding hydrogens is 699 g/mol. The third-order valence-electron chi connectivity index (χ3n) is 16.3. The van der Waals surface area contributed by atoms with Gasteiger partial charge in [-0.25, -0.2) is 4.79 Å². The molecule has 0 radical (unpaired) electrons. The molecule has 4 fully saturated rings. The fourth-order valence-corrected chi connectivity index (χ4v) is 13.2. The van der Waals surface area contributed by atoms with Gasteiger partial charge < -0.3 is 14.8 Å². The second kappa shape index (κ2) is 16.8. The minimum Gasteiger partial charge on any atom is -0.431 e. The van der Waals surface area contributed by atoms with Gasteiger partial charge in [0.1, 0.15) is 12.2 Å². The largest absolute Gasteiger partial charge is 0.508 e. The molecule has 3 saturated carbocycles. The van der Waals surface area contributed by atoms with Crippen LogP contribution in [-0.4, -0.2) is 30.9 Å². The number of hydrogen-bond acceptors (Lipinski definition) is 4. The van der Waals surface area contributed by atoms with Gasteiger partial charge in [0.2, 0.25) is 0 Å². The number of benzene rings is 2. The fourth-order valence-electron chi connectivity index (χ4n) is 13.2. The molecule has 0 spiro atoms. The molecular formula is C53H79NO3. The standard InChI is InChI=1S/C53H79NO3/c1-33(2)13-12-14-34(3)45-25-26-46-43-24-19-38-30-41(29-35(4)48(38)44(43)27-28-53(45,46)11)56-50(55)57-42-31-47(54-32-42)49(36-15-20-39(21-16-36)51(5,6)7)37-17-22-40(23-18-37)52(8,9)10/h15-23,33-35,41-49,54H,12-14,24-32H2,1-11H3/t34?,35-,41+,42-,43?,44?,45?,46?,47-,48?,53-/m1/s1. The summed E-state index contributed by atoms with van der Waals surface area (Å²) in [6.07, 6.45) is 15.5. The lowest BCUT2D eigenvalue weighted by Crippen LogP contribution is -2.48. The van der Waals surface area contributed by atoms with Crippen molar-refractivity contribution in [2.75, 3.05) is 6.54 Å². The smallest absolute Gasteiger partial charge is 0.431 e.